The molecule has 0 fully saturated rings. The number of aromatic nitrogens is 4. The maximum absolute atomic E-state index is 12.1. The third kappa shape index (κ3) is 2.57. The first kappa shape index (κ1) is 12.9. The van der Waals surface area contributed by atoms with Crippen molar-refractivity contribution < 1.29 is 9.53 Å². The predicted molar refractivity (Wildman–Crippen MR) is 72.6 cm³/mol. The smallest absolute Gasteiger partial charge is 0.260 e. The molecule has 3 rings (SSSR count). The Morgan fingerprint density at radius 1 is 1.55 bits per heavy atom. The Labute approximate surface area is 116 Å². The second-order valence-corrected chi connectivity index (χ2v) is 4.79. The molecule has 2 aromatic heterocycles. The van der Waals surface area contributed by atoms with Crippen molar-refractivity contribution in [2.24, 2.45) is 0 Å². The topological polar surface area (TPSA) is 74.0 Å². The van der Waals surface area contributed by atoms with Gasteiger partial charge in [-0.1, -0.05) is 0 Å². The lowest BCUT2D eigenvalue weighted by Crippen LogP contribution is -2.12. The fraction of sp³-hybridized carbons (Fsp3) is 0.462. The fourth-order valence-corrected chi connectivity index (χ4v) is 2.30. The number of rotatable bonds is 5. The van der Waals surface area contributed by atoms with Crippen molar-refractivity contribution in [3.05, 3.63) is 29.7 Å². The highest BCUT2D eigenvalue weighted by molar-refractivity contribution is 6.03. The van der Waals surface area contributed by atoms with Gasteiger partial charge < -0.3 is 10.1 Å². The van der Waals surface area contributed by atoms with Crippen LogP contribution in [0.25, 0.3) is 0 Å². The van der Waals surface area contributed by atoms with Crippen LogP contribution in [-0.2, 0) is 24.2 Å². The van der Waals surface area contributed by atoms with Crippen LogP contribution in [0.15, 0.2) is 18.5 Å². The zero-order valence-corrected chi connectivity index (χ0v) is 11.4. The second kappa shape index (κ2) is 5.46. The van der Waals surface area contributed by atoms with Crippen LogP contribution < -0.4 is 5.32 Å². The van der Waals surface area contributed by atoms with Gasteiger partial charge in [-0.3, -0.25) is 14.2 Å². The van der Waals surface area contributed by atoms with Gasteiger partial charge in [0.15, 0.2) is 5.82 Å². The van der Waals surface area contributed by atoms with Gasteiger partial charge in [-0.25, -0.2) is 0 Å². The Hall–Kier alpha value is -2.15. The Morgan fingerprint density at radius 2 is 2.45 bits per heavy atom. The van der Waals surface area contributed by atoms with Crippen molar-refractivity contribution in [1.29, 1.82) is 0 Å². The van der Waals surface area contributed by atoms with E-state index in [-0.39, 0.29) is 5.91 Å². The number of hydrogen-bond donors (Lipinski definition) is 1. The number of carbonyl (C=O) groups is 1. The summed E-state index contributed by atoms with van der Waals surface area (Å²) < 4.78 is 8.60. The standard InChI is InChI=1S/C13H17N5O2/c1-20-6-5-17-9-10(8-14-17)13(19)15-12-7-11-3-2-4-18(11)16-12/h7-9H,2-6H2,1H3,(H,15,16,19). The summed E-state index contributed by atoms with van der Waals surface area (Å²) in [7, 11) is 1.63. The monoisotopic (exact) mass is 275 g/mol. The summed E-state index contributed by atoms with van der Waals surface area (Å²) in [6.07, 6.45) is 5.41. The summed E-state index contributed by atoms with van der Waals surface area (Å²) in [6.45, 7) is 2.12. The van der Waals surface area contributed by atoms with Crippen LogP contribution in [0.4, 0.5) is 5.82 Å². The maximum Gasteiger partial charge on any atom is 0.260 e. The molecule has 2 aromatic rings. The molecule has 0 atom stereocenters. The van der Waals surface area contributed by atoms with Gasteiger partial charge >= 0.3 is 0 Å². The first-order chi connectivity index (χ1) is 9.76. The van der Waals surface area contributed by atoms with E-state index in [1.54, 1.807) is 24.2 Å². The minimum absolute atomic E-state index is 0.189. The van der Waals surface area contributed by atoms with E-state index in [9.17, 15) is 4.79 Å². The lowest BCUT2D eigenvalue weighted by Gasteiger charge is -2.00. The molecular formula is C13H17N5O2. The molecule has 1 aliphatic rings. The minimum atomic E-state index is -0.189. The molecular weight excluding hydrogens is 258 g/mol. The summed E-state index contributed by atoms with van der Waals surface area (Å²) in [5.74, 6) is 0.416. The van der Waals surface area contributed by atoms with E-state index in [0.717, 1.165) is 19.4 Å². The van der Waals surface area contributed by atoms with E-state index in [0.29, 0.717) is 24.5 Å². The van der Waals surface area contributed by atoms with Crippen molar-refractivity contribution in [1.82, 2.24) is 19.6 Å². The number of carbonyl (C=O) groups excluding carboxylic acids is 1. The fourth-order valence-electron chi connectivity index (χ4n) is 2.30. The van der Waals surface area contributed by atoms with Crippen LogP contribution in [0.1, 0.15) is 22.5 Å². The highest BCUT2D eigenvalue weighted by atomic mass is 16.5. The highest BCUT2D eigenvalue weighted by Crippen LogP contribution is 2.18. The van der Waals surface area contributed by atoms with Crippen LogP contribution in [0.5, 0.6) is 0 Å². The number of fused-ring (bicyclic) bond motifs is 1. The summed E-state index contributed by atoms with van der Waals surface area (Å²) >= 11 is 0. The van der Waals surface area contributed by atoms with E-state index >= 15 is 0 Å². The molecule has 1 aliphatic heterocycles. The highest BCUT2D eigenvalue weighted by Gasteiger charge is 2.16. The number of nitrogens with zero attached hydrogens (tertiary/aromatic N) is 4. The third-order valence-electron chi connectivity index (χ3n) is 3.33. The molecule has 1 amide bonds. The SMILES string of the molecule is COCCn1cc(C(=O)Nc2cc3n(n2)CCC3)cn1. The second-order valence-electron chi connectivity index (χ2n) is 4.79. The molecule has 0 bridgehead atoms. The van der Waals surface area contributed by atoms with Crippen LogP contribution in [0.3, 0.4) is 0 Å². The first-order valence-electron chi connectivity index (χ1n) is 6.66. The van der Waals surface area contributed by atoms with Gasteiger partial charge in [-0.2, -0.15) is 10.2 Å². The molecule has 0 saturated carbocycles. The Balaban J connectivity index is 1.64. The van der Waals surface area contributed by atoms with Gasteiger partial charge in [0.1, 0.15) is 0 Å². The van der Waals surface area contributed by atoms with E-state index in [4.69, 9.17) is 4.74 Å². The van der Waals surface area contributed by atoms with E-state index in [1.165, 1.54) is 5.69 Å². The van der Waals surface area contributed by atoms with Crippen molar-refractivity contribution in [3.8, 4) is 0 Å². The lowest BCUT2D eigenvalue weighted by molar-refractivity contribution is 0.102. The van der Waals surface area contributed by atoms with Gasteiger partial charge in [0, 0.05) is 31.6 Å². The largest absolute Gasteiger partial charge is 0.383 e. The molecule has 1 N–H and O–H groups in total. The molecule has 0 aliphatic carbocycles. The minimum Gasteiger partial charge on any atom is -0.383 e. The quantitative estimate of drug-likeness (QED) is 0.880. The molecule has 0 spiro atoms. The summed E-state index contributed by atoms with van der Waals surface area (Å²) in [4.78, 5) is 12.1. The van der Waals surface area contributed by atoms with Gasteiger partial charge in [0.2, 0.25) is 0 Å². The number of aryl methyl sites for hydroxylation is 2. The summed E-state index contributed by atoms with van der Waals surface area (Å²) in [6, 6.07) is 1.93. The first-order valence-corrected chi connectivity index (χ1v) is 6.66. The van der Waals surface area contributed by atoms with Crippen LogP contribution in [-0.4, -0.2) is 39.2 Å². The molecule has 7 nitrogen and oxygen atoms in total. The van der Waals surface area contributed by atoms with Gasteiger partial charge in [0.25, 0.3) is 5.91 Å². The average Bonchev–Trinajstić information content (AvgIpc) is 3.10. The summed E-state index contributed by atoms with van der Waals surface area (Å²) in [5.41, 5.74) is 1.70. The van der Waals surface area contributed by atoms with Gasteiger partial charge in [0.05, 0.1) is 24.9 Å². The van der Waals surface area contributed by atoms with Crippen molar-refractivity contribution in [2.75, 3.05) is 19.0 Å². The number of nitrogens with one attached hydrogen (secondary N) is 1. The van der Waals surface area contributed by atoms with Crippen molar-refractivity contribution in [2.45, 2.75) is 25.9 Å². The van der Waals surface area contributed by atoms with Gasteiger partial charge in [-0.05, 0) is 12.8 Å². The number of hydrogen-bond acceptors (Lipinski definition) is 4. The molecule has 0 saturated heterocycles. The zero-order valence-electron chi connectivity index (χ0n) is 11.4. The Morgan fingerprint density at radius 3 is 3.25 bits per heavy atom. The maximum atomic E-state index is 12.1. The summed E-state index contributed by atoms with van der Waals surface area (Å²) in [5, 5.41) is 11.3. The number of ether oxygens (including phenoxy) is 1. The number of anilines is 1. The molecule has 3 heterocycles. The van der Waals surface area contributed by atoms with E-state index < -0.39 is 0 Å². The van der Waals surface area contributed by atoms with Crippen molar-refractivity contribution >= 4 is 11.7 Å². The molecule has 0 unspecified atom stereocenters. The zero-order chi connectivity index (χ0) is 13.9. The lowest BCUT2D eigenvalue weighted by atomic mass is 10.3. The van der Waals surface area contributed by atoms with Crippen LogP contribution in [0.2, 0.25) is 0 Å². The van der Waals surface area contributed by atoms with Crippen molar-refractivity contribution in [3.63, 3.8) is 0 Å². The Kier molecular flexibility index (Phi) is 3.51. The normalized spacial score (nSPS) is 13.4. The van der Waals surface area contributed by atoms with E-state index in [2.05, 4.69) is 15.5 Å². The third-order valence-corrected chi connectivity index (χ3v) is 3.33. The number of methoxy groups -OCH3 is 1. The van der Waals surface area contributed by atoms with Crippen LogP contribution in [0, 0.1) is 0 Å². The molecule has 20 heavy (non-hydrogen) atoms. The number of amides is 1. The molecule has 7 heteroatoms. The van der Waals surface area contributed by atoms with E-state index in [1.807, 2.05) is 10.7 Å². The molecule has 106 valence electrons. The Bertz CT molecular complexity index is 595. The predicted octanol–water partition coefficient (Wildman–Crippen LogP) is 0.924. The van der Waals surface area contributed by atoms with Crippen LogP contribution >= 0.6 is 0 Å². The molecule has 0 radical (unpaired) electrons. The van der Waals surface area contributed by atoms with Gasteiger partial charge in [-0.15, -0.1) is 0 Å². The average molecular weight is 275 g/mol. The molecule has 0 aromatic carbocycles.